The zero-order valence-electron chi connectivity index (χ0n) is 13.6. The molecule has 1 atom stereocenters. The molecule has 0 radical (unpaired) electrons. The van der Waals surface area contributed by atoms with E-state index in [4.69, 9.17) is 0 Å². The van der Waals surface area contributed by atoms with E-state index >= 15 is 0 Å². The third-order valence-electron chi connectivity index (χ3n) is 4.60. The number of carbonyl (C=O) groups excluding carboxylic acids is 2. The van der Waals surface area contributed by atoms with Crippen LogP contribution in [0.15, 0.2) is 0 Å². The first-order chi connectivity index (χ1) is 9.93. The second kappa shape index (κ2) is 6.56. The van der Waals surface area contributed by atoms with Crippen molar-refractivity contribution in [1.82, 2.24) is 9.88 Å². The van der Waals surface area contributed by atoms with Gasteiger partial charge in [0, 0.05) is 11.3 Å². The molecule has 0 amide bonds. The minimum Gasteiger partial charge on any atom is -0.355 e. The summed E-state index contributed by atoms with van der Waals surface area (Å²) < 4.78 is 0. The molecule has 21 heavy (non-hydrogen) atoms. The van der Waals surface area contributed by atoms with Crippen molar-refractivity contribution in [2.75, 3.05) is 13.1 Å². The van der Waals surface area contributed by atoms with Crippen molar-refractivity contribution in [3.05, 3.63) is 22.5 Å². The van der Waals surface area contributed by atoms with E-state index in [-0.39, 0.29) is 17.6 Å². The Bertz CT molecular complexity index is 537. The maximum absolute atomic E-state index is 12.8. The Hall–Kier alpha value is -1.42. The van der Waals surface area contributed by atoms with E-state index in [9.17, 15) is 9.59 Å². The van der Waals surface area contributed by atoms with Gasteiger partial charge in [0.15, 0.2) is 11.6 Å². The first kappa shape index (κ1) is 16.0. The van der Waals surface area contributed by atoms with Gasteiger partial charge in [0.1, 0.15) is 0 Å². The number of aryl methyl sites for hydroxylation is 1. The molecule has 1 fully saturated rings. The second-order valence-corrected chi connectivity index (χ2v) is 6.17. The second-order valence-electron chi connectivity index (χ2n) is 6.17. The first-order valence-electron chi connectivity index (χ1n) is 7.91. The summed E-state index contributed by atoms with van der Waals surface area (Å²) in [7, 11) is 0. The van der Waals surface area contributed by atoms with Gasteiger partial charge in [0.25, 0.3) is 0 Å². The van der Waals surface area contributed by atoms with Crippen LogP contribution in [0.1, 0.15) is 71.6 Å². The van der Waals surface area contributed by atoms with Crippen molar-refractivity contribution in [3.63, 3.8) is 0 Å². The maximum atomic E-state index is 12.8. The Morgan fingerprint density at radius 1 is 1.10 bits per heavy atom. The van der Waals surface area contributed by atoms with Crippen molar-refractivity contribution >= 4 is 11.6 Å². The lowest BCUT2D eigenvalue weighted by atomic mass is 10.0. The van der Waals surface area contributed by atoms with Crippen LogP contribution in [0.3, 0.4) is 0 Å². The van der Waals surface area contributed by atoms with E-state index in [0.717, 1.165) is 24.3 Å². The van der Waals surface area contributed by atoms with Gasteiger partial charge in [-0.25, -0.2) is 0 Å². The quantitative estimate of drug-likeness (QED) is 0.866. The molecule has 1 aromatic rings. The van der Waals surface area contributed by atoms with Crippen LogP contribution in [-0.4, -0.2) is 40.6 Å². The van der Waals surface area contributed by atoms with E-state index in [1.165, 1.54) is 25.7 Å². The minimum absolute atomic E-state index is 0.0164. The van der Waals surface area contributed by atoms with Crippen molar-refractivity contribution in [1.29, 1.82) is 0 Å². The van der Waals surface area contributed by atoms with Crippen LogP contribution >= 0.6 is 0 Å². The molecular formula is C17H26N2O2. The number of hydrogen-bond acceptors (Lipinski definition) is 3. The van der Waals surface area contributed by atoms with E-state index in [2.05, 4.69) is 9.88 Å². The fourth-order valence-electron chi connectivity index (χ4n) is 3.38. The Morgan fingerprint density at radius 3 is 2.14 bits per heavy atom. The van der Waals surface area contributed by atoms with Crippen LogP contribution in [0.4, 0.5) is 0 Å². The number of aromatic amines is 1. The van der Waals surface area contributed by atoms with Crippen LogP contribution < -0.4 is 0 Å². The van der Waals surface area contributed by atoms with E-state index in [0.29, 0.717) is 11.3 Å². The summed E-state index contributed by atoms with van der Waals surface area (Å²) in [6.07, 6.45) is 4.84. The number of Topliss-reactive ketones (excluding diaryl/α,β-unsaturated/α-hetero) is 2. The van der Waals surface area contributed by atoms with Crippen molar-refractivity contribution < 1.29 is 9.59 Å². The summed E-state index contributed by atoms with van der Waals surface area (Å²) in [6.45, 7) is 9.24. The summed E-state index contributed by atoms with van der Waals surface area (Å²) in [6, 6.07) is -0.125. The Balaban J connectivity index is 2.23. The molecule has 4 nitrogen and oxygen atoms in total. The molecule has 0 saturated carbocycles. The zero-order valence-corrected chi connectivity index (χ0v) is 13.6. The van der Waals surface area contributed by atoms with Crippen LogP contribution in [0, 0.1) is 13.8 Å². The number of ketones is 2. The highest BCUT2D eigenvalue weighted by Gasteiger charge is 2.27. The van der Waals surface area contributed by atoms with E-state index in [1.54, 1.807) is 6.92 Å². The lowest BCUT2D eigenvalue weighted by Gasteiger charge is -2.26. The number of nitrogens with zero attached hydrogens (tertiary/aromatic N) is 1. The molecule has 0 spiro atoms. The molecule has 1 saturated heterocycles. The van der Waals surface area contributed by atoms with Crippen LogP contribution in [0.25, 0.3) is 0 Å². The van der Waals surface area contributed by atoms with Crippen LogP contribution in [0.2, 0.25) is 0 Å². The van der Waals surface area contributed by atoms with Crippen LogP contribution in [-0.2, 0) is 0 Å². The molecule has 0 aromatic carbocycles. The molecule has 2 rings (SSSR count). The van der Waals surface area contributed by atoms with Gasteiger partial charge in [-0.05, 0) is 59.2 Å². The molecule has 0 bridgehead atoms. The molecule has 2 heterocycles. The number of carbonyl (C=O) groups is 2. The first-order valence-corrected chi connectivity index (χ1v) is 7.91. The lowest BCUT2D eigenvalue weighted by molar-refractivity contribution is 0.0837. The highest BCUT2D eigenvalue weighted by Crippen LogP contribution is 2.22. The van der Waals surface area contributed by atoms with Crippen molar-refractivity contribution in [2.45, 2.75) is 59.4 Å². The Kier molecular flexibility index (Phi) is 4.99. The molecule has 1 aliphatic heterocycles. The topological polar surface area (TPSA) is 53.2 Å². The number of rotatable bonds is 4. The van der Waals surface area contributed by atoms with Gasteiger partial charge in [-0.15, -0.1) is 0 Å². The number of hydrogen-bond donors (Lipinski definition) is 1. The molecule has 116 valence electrons. The summed E-state index contributed by atoms with van der Waals surface area (Å²) in [5, 5.41) is 0. The molecule has 1 aliphatic rings. The molecule has 1 aromatic heterocycles. The van der Waals surface area contributed by atoms with E-state index in [1.807, 2.05) is 20.8 Å². The average molecular weight is 290 g/mol. The van der Waals surface area contributed by atoms with Crippen molar-refractivity contribution in [3.8, 4) is 0 Å². The number of likely N-dealkylation sites (tertiary alicyclic amines) is 1. The lowest BCUT2D eigenvalue weighted by Crippen LogP contribution is -2.40. The normalized spacial score (nSPS) is 18.3. The molecule has 1 N–H and O–H groups in total. The standard InChI is InChI=1S/C17H26N2O2/c1-11-15(14(4)20)12(2)18-16(11)17(21)13(3)19-9-7-5-6-8-10-19/h13,18H,5-10H2,1-4H3/t13-/m0/s1. The summed E-state index contributed by atoms with van der Waals surface area (Å²) in [4.78, 5) is 29.9. The summed E-state index contributed by atoms with van der Waals surface area (Å²) in [5.41, 5.74) is 2.87. The predicted octanol–water partition coefficient (Wildman–Crippen LogP) is 3.28. The van der Waals surface area contributed by atoms with Gasteiger partial charge in [0.05, 0.1) is 11.7 Å². The zero-order chi connectivity index (χ0) is 15.6. The third-order valence-corrected chi connectivity index (χ3v) is 4.60. The Morgan fingerprint density at radius 2 is 1.67 bits per heavy atom. The summed E-state index contributed by atoms with van der Waals surface area (Å²) >= 11 is 0. The molecule has 4 heteroatoms. The van der Waals surface area contributed by atoms with Crippen molar-refractivity contribution in [2.24, 2.45) is 0 Å². The number of nitrogens with one attached hydrogen (secondary N) is 1. The maximum Gasteiger partial charge on any atom is 0.196 e. The monoisotopic (exact) mass is 290 g/mol. The van der Waals surface area contributed by atoms with Gasteiger partial charge in [0.2, 0.25) is 0 Å². The van der Waals surface area contributed by atoms with Gasteiger partial charge in [-0.1, -0.05) is 12.8 Å². The fourth-order valence-corrected chi connectivity index (χ4v) is 3.38. The van der Waals surface area contributed by atoms with Gasteiger partial charge in [-0.2, -0.15) is 0 Å². The fraction of sp³-hybridized carbons (Fsp3) is 0.647. The SMILES string of the molecule is CC(=O)c1c(C)[nH]c(C(=O)[C@H](C)N2CCCCCC2)c1C. The Labute approximate surface area is 126 Å². The molecule has 0 aliphatic carbocycles. The highest BCUT2D eigenvalue weighted by atomic mass is 16.1. The van der Waals surface area contributed by atoms with E-state index < -0.39 is 0 Å². The summed E-state index contributed by atoms with van der Waals surface area (Å²) in [5.74, 6) is 0.118. The predicted molar refractivity (Wildman–Crippen MR) is 84.1 cm³/mol. The largest absolute Gasteiger partial charge is 0.355 e. The number of aromatic nitrogens is 1. The molecular weight excluding hydrogens is 264 g/mol. The van der Waals surface area contributed by atoms with Gasteiger partial charge < -0.3 is 4.98 Å². The van der Waals surface area contributed by atoms with Gasteiger partial charge in [-0.3, -0.25) is 14.5 Å². The third kappa shape index (κ3) is 3.26. The van der Waals surface area contributed by atoms with Crippen LogP contribution in [0.5, 0.6) is 0 Å². The average Bonchev–Trinajstić information content (AvgIpc) is 2.63. The molecule has 0 unspecified atom stereocenters. The minimum atomic E-state index is -0.125. The van der Waals surface area contributed by atoms with Gasteiger partial charge >= 0.3 is 0 Å². The number of H-pyrrole nitrogens is 1. The highest BCUT2D eigenvalue weighted by molar-refractivity contribution is 6.05. The smallest absolute Gasteiger partial charge is 0.196 e.